The standard InChI is InChI=1S/C18H25F2N3O2/c1-23-16(21-17(24)25-13-9-18(19,20)10-13)14(11-7-4-8-11)15(22-23)12-5-2-3-6-12/h11-13H,2-10H2,1H3,(H,21,24). The molecule has 0 saturated heterocycles. The number of hydrogen-bond donors (Lipinski definition) is 1. The van der Waals surface area contributed by atoms with E-state index in [1.807, 2.05) is 7.05 Å². The fourth-order valence-corrected chi connectivity index (χ4v) is 4.28. The number of hydrogen-bond acceptors (Lipinski definition) is 3. The van der Waals surface area contributed by atoms with Gasteiger partial charge in [0.2, 0.25) is 0 Å². The van der Waals surface area contributed by atoms with Crippen molar-refractivity contribution in [1.29, 1.82) is 0 Å². The Morgan fingerprint density at radius 2 is 1.80 bits per heavy atom. The first-order valence-corrected chi connectivity index (χ1v) is 9.35. The van der Waals surface area contributed by atoms with E-state index in [9.17, 15) is 13.6 Å². The predicted octanol–water partition coefficient (Wildman–Crippen LogP) is 4.69. The van der Waals surface area contributed by atoms with Crippen molar-refractivity contribution in [3.05, 3.63) is 11.3 Å². The number of nitrogens with zero attached hydrogens (tertiary/aromatic N) is 2. The number of nitrogens with one attached hydrogen (secondary N) is 1. The van der Waals surface area contributed by atoms with Crippen LogP contribution >= 0.6 is 0 Å². The quantitative estimate of drug-likeness (QED) is 0.854. The number of halogens is 2. The highest BCUT2D eigenvalue weighted by Crippen LogP contribution is 2.46. The fraction of sp³-hybridized carbons (Fsp3) is 0.778. The molecule has 25 heavy (non-hydrogen) atoms. The largest absolute Gasteiger partial charge is 0.445 e. The third-order valence-corrected chi connectivity index (χ3v) is 5.91. The molecule has 1 heterocycles. The molecule has 138 valence electrons. The Kier molecular flexibility index (Phi) is 4.20. The number of aryl methyl sites for hydroxylation is 1. The second-order valence-electron chi connectivity index (χ2n) is 7.80. The van der Waals surface area contributed by atoms with Crippen molar-refractivity contribution in [3.63, 3.8) is 0 Å². The molecule has 0 aromatic carbocycles. The first kappa shape index (κ1) is 16.8. The third-order valence-electron chi connectivity index (χ3n) is 5.91. The van der Waals surface area contributed by atoms with Gasteiger partial charge in [-0.05, 0) is 31.6 Å². The van der Waals surface area contributed by atoms with Crippen LogP contribution in [0.3, 0.4) is 0 Å². The SMILES string of the molecule is Cn1nc(C2CCCC2)c(C2CCC2)c1NC(=O)OC1CC(F)(F)C1. The number of anilines is 1. The number of alkyl halides is 2. The molecule has 5 nitrogen and oxygen atoms in total. The molecule has 1 N–H and O–H groups in total. The van der Waals surface area contributed by atoms with Crippen molar-refractivity contribution in [3.8, 4) is 0 Å². The molecular weight excluding hydrogens is 328 g/mol. The van der Waals surface area contributed by atoms with E-state index >= 15 is 0 Å². The molecule has 4 rings (SSSR count). The van der Waals surface area contributed by atoms with Crippen molar-refractivity contribution < 1.29 is 18.3 Å². The zero-order valence-corrected chi connectivity index (χ0v) is 14.6. The van der Waals surface area contributed by atoms with Crippen molar-refractivity contribution in [2.24, 2.45) is 7.05 Å². The van der Waals surface area contributed by atoms with Gasteiger partial charge in [-0.3, -0.25) is 10.00 Å². The molecule has 1 aromatic heterocycles. The smallest absolute Gasteiger partial charge is 0.413 e. The highest BCUT2D eigenvalue weighted by atomic mass is 19.3. The van der Waals surface area contributed by atoms with Crippen LogP contribution in [-0.4, -0.2) is 27.9 Å². The minimum absolute atomic E-state index is 0.380. The van der Waals surface area contributed by atoms with Crippen molar-refractivity contribution in [2.45, 2.75) is 81.6 Å². The predicted molar refractivity (Wildman–Crippen MR) is 89.1 cm³/mol. The summed E-state index contributed by atoms with van der Waals surface area (Å²) in [6, 6.07) is 0. The molecule has 7 heteroatoms. The summed E-state index contributed by atoms with van der Waals surface area (Å²) in [5.74, 6) is -1.10. The summed E-state index contributed by atoms with van der Waals surface area (Å²) in [6.45, 7) is 0. The van der Waals surface area contributed by atoms with Crippen LogP contribution in [0.25, 0.3) is 0 Å². The van der Waals surface area contributed by atoms with Crippen LogP contribution in [0.15, 0.2) is 0 Å². The van der Waals surface area contributed by atoms with Crippen LogP contribution in [0.1, 0.15) is 80.9 Å². The van der Waals surface area contributed by atoms with Gasteiger partial charge in [0.1, 0.15) is 11.9 Å². The van der Waals surface area contributed by atoms with E-state index in [1.54, 1.807) is 4.68 Å². The molecule has 0 aliphatic heterocycles. The molecule has 1 aromatic rings. The van der Waals surface area contributed by atoms with Crippen LogP contribution < -0.4 is 5.32 Å². The van der Waals surface area contributed by atoms with E-state index in [-0.39, 0.29) is 12.8 Å². The van der Waals surface area contributed by atoms with Crippen molar-refractivity contribution in [1.82, 2.24) is 9.78 Å². The second-order valence-corrected chi connectivity index (χ2v) is 7.80. The van der Waals surface area contributed by atoms with E-state index in [1.165, 1.54) is 19.3 Å². The molecule has 3 saturated carbocycles. The van der Waals surface area contributed by atoms with Gasteiger partial charge in [-0.2, -0.15) is 5.10 Å². The number of rotatable bonds is 4. The van der Waals surface area contributed by atoms with Crippen LogP contribution in [0.5, 0.6) is 0 Å². The molecule has 0 atom stereocenters. The van der Waals surface area contributed by atoms with Gasteiger partial charge < -0.3 is 4.74 Å². The molecule has 3 fully saturated rings. The number of amides is 1. The molecule has 1 amide bonds. The molecule has 0 radical (unpaired) electrons. The average Bonchev–Trinajstić information content (AvgIpc) is 3.06. The highest BCUT2D eigenvalue weighted by molar-refractivity contribution is 5.85. The topological polar surface area (TPSA) is 56.2 Å². The summed E-state index contributed by atoms with van der Waals surface area (Å²) in [6.07, 6.45) is 6.09. The van der Waals surface area contributed by atoms with Gasteiger partial charge in [0.25, 0.3) is 5.92 Å². The summed E-state index contributed by atoms with van der Waals surface area (Å²) in [7, 11) is 1.83. The summed E-state index contributed by atoms with van der Waals surface area (Å²) in [5.41, 5.74) is 2.27. The maximum atomic E-state index is 12.9. The molecule has 0 spiro atoms. The fourth-order valence-electron chi connectivity index (χ4n) is 4.28. The number of carbonyl (C=O) groups excluding carboxylic acids is 1. The third kappa shape index (κ3) is 3.25. The summed E-state index contributed by atoms with van der Waals surface area (Å²) in [5, 5.41) is 7.50. The van der Waals surface area contributed by atoms with Crippen LogP contribution in [0.4, 0.5) is 19.4 Å². The average molecular weight is 353 g/mol. The van der Waals surface area contributed by atoms with Gasteiger partial charge in [0.05, 0.1) is 5.69 Å². The van der Waals surface area contributed by atoms with Crippen LogP contribution in [0, 0.1) is 0 Å². The van der Waals surface area contributed by atoms with Gasteiger partial charge in [0.15, 0.2) is 0 Å². The van der Waals surface area contributed by atoms with E-state index in [2.05, 4.69) is 5.32 Å². The Hall–Kier alpha value is -1.66. The maximum absolute atomic E-state index is 12.9. The van der Waals surface area contributed by atoms with Crippen LogP contribution in [-0.2, 0) is 11.8 Å². The summed E-state index contributed by atoms with van der Waals surface area (Å²) in [4.78, 5) is 12.2. The van der Waals surface area contributed by atoms with Gasteiger partial charge in [-0.1, -0.05) is 19.3 Å². The first-order chi connectivity index (χ1) is 11.9. The zero-order chi connectivity index (χ0) is 17.6. The Labute approximate surface area is 146 Å². The Morgan fingerprint density at radius 1 is 1.16 bits per heavy atom. The lowest BCUT2D eigenvalue weighted by Gasteiger charge is -2.34. The minimum atomic E-state index is -2.69. The van der Waals surface area contributed by atoms with E-state index < -0.39 is 18.1 Å². The molecular formula is C18H25F2N3O2. The Balaban J connectivity index is 1.51. The Morgan fingerprint density at radius 3 is 2.36 bits per heavy atom. The normalized spacial score (nSPS) is 24.0. The van der Waals surface area contributed by atoms with Crippen molar-refractivity contribution in [2.75, 3.05) is 5.32 Å². The lowest BCUT2D eigenvalue weighted by atomic mass is 9.78. The molecule has 3 aliphatic carbocycles. The number of ether oxygens (including phenoxy) is 1. The minimum Gasteiger partial charge on any atom is -0.445 e. The second kappa shape index (κ2) is 6.25. The van der Waals surface area contributed by atoms with E-state index in [4.69, 9.17) is 9.84 Å². The molecule has 0 unspecified atom stereocenters. The Bertz CT molecular complexity index is 656. The van der Waals surface area contributed by atoms with Gasteiger partial charge >= 0.3 is 6.09 Å². The van der Waals surface area contributed by atoms with Gasteiger partial charge in [-0.15, -0.1) is 0 Å². The molecule has 3 aliphatic rings. The first-order valence-electron chi connectivity index (χ1n) is 9.35. The van der Waals surface area contributed by atoms with Gasteiger partial charge in [0, 0.05) is 31.4 Å². The van der Waals surface area contributed by atoms with E-state index in [0.717, 1.165) is 36.9 Å². The summed E-state index contributed by atoms with van der Waals surface area (Å²) >= 11 is 0. The summed E-state index contributed by atoms with van der Waals surface area (Å²) < 4.78 is 32.7. The lowest BCUT2D eigenvalue weighted by Crippen LogP contribution is -2.43. The number of carbonyl (C=O) groups is 1. The highest BCUT2D eigenvalue weighted by Gasteiger charge is 2.47. The van der Waals surface area contributed by atoms with Crippen molar-refractivity contribution >= 4 is 11.9 Å². The monoisotopic (exact) mass is 353 g/mol. The van der Waals surface area contributed by atoms with E-state index in [0.29, 0.717) is 17.7 Å². The lowest BCUT2D eigenvalue weighted by molar-refractivity contribution is -0.142. The number of aromatic nitrogens is 2. The van der Waals surface area contributed by atoms with Crippen LogP contribution in [0.2, 0.25) is 0 Å². The zero-order valence-electron chi connectivity index (χ0n) is 14.6. The van der Waals surface area contributed by atoms with Gasteiger partial charge in [-0.25, -0.2) is 13.6 Å². The molecule has 0 bridgehead atoms. The maximum Gasteiger partial charge on any atom is 0.413 e.